The average Bonchev–Trinajstić information content (AvgIpc) is 3.31. The van der Waals surface area contributed by atoms with Gasteiger partial charge in [0.25, 0.3) is 0 Å². The van der Waals surface area contributed by atoms with Gasteiger partial charge in [0.1, 0.15) is 54.9 Å². The number of rotatable bonds is 6. The first kappa shape index (κ1) is 38.4. The normalized spacial score (nSPS) is 11.4. The molecule has 0 saturated carbocycles. The van der Waals surface area contributed by atoms with Crippen molar-refractivity contribution >= 4 is 125 Å². The summed E-state index contributed by atoms with van der Waals surface area (Å²) in [5.41, 5.74) is 9.22. The van der Waals surface area contributed by atoms with Crippen molar-refractivity contribution in [3.05, 3.63) is 158 Å². The Hall–Kier alpha value is -6.78. The molecular formula is C51H26B7N3. The Morgan fingerprint density at radius 2 is 0.721 bits per heavy atom. The molecule has 0 atom stereocenters. The molecule has 9 aromatic carbocycles. The molecule has 61 heavy (non-hydrogen) atoms. The van der Waals surface area contributed by atoms with E-state index in [-0.39, 0.29) is 38.2 Å². The van der Waals surface area contributed by atoms with Crippen LogP contribution < -0.4 is 38.2 Å². The van der Waals surface area contributed by atoms with E-state index < -0.39 is 0 Å². The van der Waals surface area contributed by atoms with Gasteiger partial charge in [-0.2, -0.15) is 0 Å². The van der Waals surface area contributed by atoms with Crippen LogP contribution in [0.4, 0.5) is 0 Å². The first-order chi connectivity index (χ1) is 29.7. The molecule has 10 rings (SSSR count). The van der Waals surface area contributed by atoms with Gasteiger partial charge in [-0.25, -0.2) is 15.0 Å². The van der Waals surface area contributed by atoms with Gasteiger partial charge < -0.3 is 0 Å². The maximum absolute atomic E-state index is 6.74. The lowest BCUT2D eigenvalue weighted by molar-refractivity contribution is 1.07. The van der Waals surface area contributed by atoms with Crippen LogP contribution in [0.1, 0.15) is 0 Å². The molecule has 10 aromatic rings. The van der Waals surface area contributed by atoms with E-state index in [0.717, 1.165) is 38.4 Å². The first-order valence-corrected chi connectivity index (χ1v) is 19.7. The fourth-order valence-corrected chi connectivity index (χ4v) is 8.37. The van der Waals surface area contributed by atoms with Crippen molar-refractivity contribution in [3.63, 3.8) is 0 Å². The minimum absolute atomic E-state index is 0.126. The lowest BCUT2D eigenvalue weighted by atomic mass is 9.59. The first-order valence-electron chi connectivity index (χ1n) is 19.7. The van der Waals surface area contributed by atoms with Gasteiger partial charge in [-0.05, 0) is 83.9 Å². The highest BCUT2D eigenvalue weighted by Gasteiger charge is 2.20. The Morgan fingerprint density at radius 1 is 0.279 bits per heavy atom. The van der Waals surface area contributed by atoms with Gasteiger partial charge in [0.2, 0.25) is 0 Å². The van der Waals surface area contributed by atoms with Gasteiger partial charge in [0.05, 0.1) is 0 Å². The van der Waals surface area contributed by atoms with Crippen molar-refractivity contribution < 1.29 is 0 Å². The maximum Gasteiger partial charge on any atom is 0.164 e. The molecule has 3 nitrogen and oxygen atoms in total. The van der Waals surface area contributed by atoms with Crippen LogP contribution in [0.3, 0.4) is 0 Å². The van der Waals surface area contributed by atoms with E-state index in [4.69, 9.17) is 69.9 Å². The fraction of sp³-hybridized carbons (Fsp3) is 0. The number of fused-ring (bicyclic) bond motifs is 3. The third-order valence-corrected chi connectivity index (χ3v) is 11.5. The highest BCUT2D eigenvalue weighted by atomic mass is 15.0. The second kappa shape index (κ2) is 15.4. The van der Waals surface area contributed by atoms with Gasteiger partial charge in [-0.3, -0.25) is 0 Å². The van der Waals surface area contributed by atoms with Crippen LogP contribution in [0.25, 0.3) is 99.9 Å². The monoisotopic (exact) mass is 757 g/mol. The number of hydrogen-bond donors (Lipinski definition) is 0. The minimum Gasteiger partial charge on any atom is -0.208 e. The molecule has 1 heterocycles. The lowest BCUT2D eigenvalue weighted by Gasteiger charge is -2.25. The molecule has 0 fully saturated rings. The smallest absolute Gasteiger partial charge is 0.164 e. The molecule has 0 saturated heterocycles. The summed E-state index contributed by atoms with van der Waals surface area (Å²) in [5, 5.41) is 5.34. The molecule has 1 aromatic heterocycles. The summed E-state index contributed by atoms with van der Waals surface area (Å²) < 4.78 is 0. The minimum atomic E-state index is 0.126. The Kier molecular flexibility index (Phi) is 9.67. The molecule has 0 bridgehead atoms. The Balaban J connectivity index is 1.16. The third kappa shape index (κ3) is 6.62. The van der Waals surface area contributed by atoms with Crippen molar-refractivity contribution in [2.24, 2.45) is 0 Å². The Morgan fingerprint density at radius 3 is 1.34 bits per heavy atom. The van der Waals surface area contributed by atoms with E-state index in [9.17, 15) is 0 Å². The second-order valence-corrected chi connectivity index (χ2v) is 15.1. The van der Waals surface area contributed by atoms with E-state index >= 15 is 0 Å². The second-order valence-electron chi connectivity index (χ2n) is 15.1. The van der Waals surface area contributed by atoms with E-state index in [2.05, 4.69) is 97.1 Å². The zero-order valence-corrected chi connectivity index (χ0v) is 32.9. The summed E-state index contributed by atoms with van der Waals surface area (Å²) >= 11 is 0. The van der Waals surface area contributed by atoms with Crippen molar-refractivity contribution in [2.75, 3.05) is 0 Å². The molecular weight excluding hydrogens is 730 g/mol. The fourth-order valence-electron chi connectivity index (χ4n) is 8.37. The van der Waals surface area contributed by atoms with Crippen LogP contribution >= 0.6 is 0 Å². The highest BCUT2D eigenvalue weighted by molar-refractivity contribution is 6.71. The predicted molar refractivity (Wildman–Crippen MR) is 263 cm³/mol. The molecule has 0 spiro atoms. The van der Waals surface area contributed by atoms with Crippen molar-refractivity contribution in [2.45, 2.75) is 0 Å². The molecule has 0 aliphatic carbocycles. The lowest BCUT2D eigenvalue weighted by Crippen LogP contribution is -2.52. The SMILES string of the molecule is [B]c1c([B])c([B])c2c(-c3cccc(-c4nc(-c5cccc(-c6ccc(-c7ccccc7)c7ccccc67)c5)nc(-c5ccc6ccccc6c5)n4)c3)c([B])c([B])c([B])c2c1[B]. The highest BCUT2D eigenvalue weighted by Crippen LogP contribution is 2.37. The van der Waals surface area contributed by atoms with Crippen LogP contribution in [-0.2, 0) is 0 Å². The molecule has 0 N–H and O–H groups in total. The summed E-state index contributed by atoms with van der Waals surface area (Å²) in [5.74, 6) is 1.47. The quantitative estimate of drug-likeness (QED) is 0.227. The van der Waals surface area contributed by atoms with Crippen LogP contribution in [-0.4, -0.2) is 69.9 Å². The summed E-state index contributed by atoms with van der Waals surface area (Å²) in [7, 11) is 45.5. The summed E-state index contributed by atoms with van der Waals surface area (Å²) in [6.45, 7) is 0. The van der Waals surface area contributed by atoms with E-state index in [0.29, 0.717) is 44.9 Å². The zero-order valence-electron chi connectivity index (χ0n) is 32.9. The molecule has 0 unspecified atom stereocenters. The van der Waals surface area contributed by atoms with Gasteiger partial charge in [-0.1, -0.05) is 161 Å². The van der Waals surface area contributed by atoms with Crippen LogP contribution in [0.2, 0.25) is 0 Å². The molecule has 0 aliphatic heterocycles. The van der Waals surface area contributed by atoms with Crippen molar-refractivity contribution in [1.29, 1.82) is 0 Å². The Labute approximate surface area is 364 Å². The number of hydrogen-bond acceptors (Lipinski definition) is 3. The van der Waals surface area contributed by atoms with Gasteiger partial charge in [0, 0.05) is 16.7 Å². The van der Waals surface area contributed by atoms with Crippen molar-refractivity contribution in [1.82, 2.24) is 15.0 Å². The summed E-state index contributed by atoms with van der Waals surface area (Å²) in [6.07, 6.45) is 0. The number of benzene rings is 9. The van der Waals surface area contributed by atoms with Gasteiger partial charge >= 0.3 is 0 Å². The third-order valence-electron chi connectivity index (χ3n) is 11.5. The molecule has 0 amide bonds. The topological polar surface area (TPSA) is 38.7 Å². The van der Waals surface area contributed by atoms with Crippen LogP contribution in [0, 0.1) is 0 Å². The zero-order chi connectivity index (χ0) is 41.9. The largest absolute Gasteiger partial charge is 0.208 e. The van der Waals surface area contributed by atoms with E-state index in [1.807, 2.05) is 60.7 Å². The molecule has 266 valence electrons. The summed E-state index contributed by atoms with van der Waals surface area (Å²) in [4.78, 5) is 15.4. The standard InChI is InChI=1S/C51H26B7N3/c52-42-39(40-41(44(54)46(42)56)45(55)48(58)47(57)43(40)53)31-15-9-17-33(26-31)50-59-49(60-51(61-50)34-21-20-27-10-4-5-13-29(27)24-34)32-16-8-14-30(25-32)36-23-22-35(28-11-2-1-3-12-28)37-18-6-7-19-38(36)37/h1-26H. The average molecular weight is 756 g/mol. The van der Waals surface area contributed by atoms with Gasteiger partial charge in [-0.15, -0.1) is 16.4 Å². The van der Waals surface area contributed by atoms with Gasteiger partial charge in [0.15, 0.2) is 17.5 Å². The molecule has 14 radical (unpaired) electrons. The molecule has 10 heteroatoms. The molecule has 0 aliphatic rings. The predicted octanol–water partition coefficient (Wildman–Crippen LogP) is 4.89. The van der Waals surface area contributed by atoms with E-state index in [1.165, 1.54) is 16.5 Å². The summed E-state index contributed by atoms with van der Waals surface area (Å²) in [6, 6.07) is 53.7. The van der Waals surface area contributed by atoms with Crippen LogP contribution in [0.15, 0.2) is 158 Å². The number of aromatic nitrogens is 3. The van der Waals surface area contributed by atoms with Crippen LogP contribution in [0.5, 0.6) is 0 Å². The maximum atomic E-state index is 6.74. The van der Waals surface area contributed by atoms with Crippen molar-refractivity contribution in [3.8, 4) is 67.5 Å². The van der Waals surface area contributed by atoms with E-state index in [1.54, 1.807) is 0 Å². The number of nitrogens with zero attached hydrogens (tertiary/aromatic N) is 3. The Bertz CT molecular complexity index is 3400.